The van der Waals surface area contributed by atoms with E-state index in [-0.39, 0.29) is 5.97 Å². The molecule has 2 rings (SSSR count). The second kappa shape index (κ2) is 6.70. The summed E-state index contributed by atoms with van der Waals surface area (Å²) in [6, 6.07) is 11.8. The number of nitrogens with zero attached hydrogens (tertiary/aromatic N) is 1. The number of hydrogen-bond acceptors (Lipinski definition) is 4. The Morgan fingerprint density at radius 1 is 1.20 bits per heavy atom. The zero-order valence-corrected chi connectivity index (χ0v) is 11.7. The van der Waals surface area contributed by atoms with Gasteiger partial charge in [-0.2, -0.15) is 0 Å². The van der Waals surface area contributed by atoms with Crippen molar-refractivity contribution in [1.82, 2.24) is 4.98 Å². The molecule has 0 saturated heterocycles. The highest BCUT2D eigenvalue weighted by Gasteiger charge is 2.06. The molecule has 0 fully saturated rings. The number of aryl methyl sites for hydroxylation is 1. The van der Waals surface area contributed by atoms with Crippen LogP contribution in [-0.2, 0) is 11.3 Å². The van der Waals surface area contributed by atoms with Crippen LogP contribution >= 0.6 is 0 Å². The molecule has 4 nitrogen and oxygen atoms in total. The summed E-state index contributed by atoms with van der Waals surface area (Å²) in [4.78, 5) is 15.7. The van der Waals surface area contributed by atoms with Crippen LogP contribution in [0.15, 0.2) is 42.6 Å². The quantitative estimate of drug-likeness (QED) is 0.848. The van der Waals surface area contributed by atoms with Gasteiger partial charge in [0.15, 0.2) is 0 Å². The summed E-state index contributed by atoms with van der Waals surface area (Å²) < 4.78 is 4.91. The van der Waals surface area contributed by atoms with E-state index in [0.29, 0.717) is 18.7 Å². The first-order valence-electron chi connectivity index (χ1n) is 6.61. The Hall–Kier alpha value is -2.36. The first-order chi connectivity index (χ1) is 9.69. The number of carbonyl (C=O) groups excluding carboxylic acids is 1. The molecule has 4 heteroatoms. The first kappa shape index (κ1) is 14.1. The van der Waals surface area contributed by atoms with E-state index in [1.54, 1.807) is 19.1 Å². The van der Waals surface area contributed by atoms with Gasteiger partial charge in [0.1, 0.15) is 5.82 Å². The molecule has 104 valence electrons. The van der Waals surface area contributed by atoms with Crippen molar-refractivity contribution >= 4 is 11.8 Å². The fourth-order valence-electron chi connectivity index (χ4n) is 1.73. The standard InChI is InChI=1S/C16H18N2O2/c1-3-20-16(19)14-8-9-15(18-11-14)17-10-13-6-4-12(2)5-7-13/h4-9,11H,3,10H2,1-2H3,(H,17,18). The van der Waals surface area contributed by atoms with Crippen molar-refractivity contribution in [3.63, 3.8) is 0 Å². The molecule has 0 bridgehead atoms. The minimum atomic E-state index is -0.343. The highest BCUT2D eigenvalue weighted by atomic mass is 16.5. The van der Waals surface area contributed by atoms with Crippen LogP contribution < -0.4 is 5.32 Å². The van der Waals surface area contributed by atoms with E-state index in [9.17, 15) is 4.79 Å². The van der Waals surface area contributed by atoms with E-state index in [1.165, 1.54) is 17.3 Å². The van der Waals surface area contributed by atoms with Crippen LogP contribution in [0.3, 0.4) is 0 Å². The van der Waals surface area contributed by atoms with E-state index in [0.717, 1.165) is 5.82 Å². The van der Waals surface area contributed by atoms with Gasteiger partial charge < -0.3 is 10.1 Å². The molecule has 0 spiro atoms. The summed E-state index contributed by atoms with van der Waals surface area (Å²) in [5.41, 5.74) is 2.89. The van der Waals surface area contributed by atoms with Crippen molar-refractivity contribution in [1.29, 1.82) is 0 Å². The van der Waals surface area contributed by atoms with Crippen molar-refractivity contribution in [2.75, 3.05) is 11.9 Å². The van der Waals surface area contributed by atoms with Crippen molar-refractivity contribution in [2.45, 2.75) is 20.4 Å². The molecule has 20 heavy (non-hydrogen) atoms. The number of pyridine rings is 1. The summed E-state index contributed by atoms with van der Waals surface area (Å²) in [5.74, 6) is 0.392. The number of ether oxygens (including phenoxy) is 1. The lowest BCUT2D eigenvalue weighted by atomic mass is 10.1. The minimum Gasteiger partial charge on any atom is -0.462 e. The lowest BCUT2D eigenvalue weighted by Gasteiger charge is -2.07. The molecule has 0 atom stereocenters. The number of hydrogen-bond donors (Lipinski definition) is 1. The van der Waals surface area contributed by atoms with E-state index in [4.69, 9.17) is 4.74 Å². The van der Waals surface area contributed by atoms with E-state index >= 15 is 0 Å². The molecule has 0 unspecified atom stereocenters. The van der Waals surface area contributed by atoms with Crippen LogP contribution in [0.4, 0.5) is 5.82 Å². The molecular formula is C16H18N2O2. The largest absolute Gasteiger partial charge is 0.462 e. The van der Waals surface area contributed by atoms with Gasteiger partial charge in [-0.1, -0.05) is 29.8 Å². The Balaban J connectivity index is 1.93. The van der Waals surface area contributed by atoms with Gasteiger partial charge in [-0.3, -0.25) is 0 Å². The lowest BCUT2D eigenvalue weighted by molar-refractivity contribution is 0.0526. The molecule has 0 aliphatic carbocycles. The van der Waals surface area contributed by atoms with Crippen LogP contribution in [0.25, 0.3) is 0 Å². The predicted octanol–water partition coefficient (Wildman–Crippen LogP) is 3.18. The van der Waals surface area contributed by atoms with Crippen LogP contribution in [0.1, 0.15) is 28.4 Å². The Labute approximate surface area is 118 Å². The van der Waals surface area contributed by atoms with Crippen molar-refractivity contribution in [3.05, 3.63) is 59.3 Å². The van der Waals surface area contributed by atoms with Crippen LogP contribution in [0.2, 0.25) is 0 Å². The van der Waals surface area contributed by atoms with Gasteiger partial charge in [0.25, 0.3) is 0 Å². The Kier molecular flexibility index (Phi) is 4.71. The average Bonchev–Trinajstić information content (AvgIpc) is 2.47. The summed E-state index contributed by atoms with van der Waals surface area (Å²) in [6.45, 7) is 4.91. The number of anilines is 1. The third kappa shape index (κ3) is 3.82. The molecule has 1 aromatic carbocycles. The number of nitrogens with one attached hydrogen (secondary N) is 1. The highest BCUT2D eigenvalue weighted by Crippen LogP contribution is 2.09. The highest BCUT2D eigenvalue weighted by molar-refractivity contribution is 5.89. The molecule has 1 N–H and O–H groups in total. The third-order valence-corrected chi connectivity index (χ3v) is 2.87. The maximum Gasteiger partial charge on any atom is 0.339 e. The summed E-state index contributed by atoms with van der Waals surface area (Å²) in [6.07, 6.45) is 1.52. The van der Waals surface area contributed by atoms with Crippen LogP contribution in [0, 0.1) is 6.92 Å². The van der Waals surface area contributed by atoms with Gasteiger partial charge in [-0.05, 0) is 31.5 Å². The topological polar surface area (TPSA) is 51.2 Å². The first-order valence-corrected chi connectivity index (χ1v) is 6.61. The van der Waals surface area contributed by atoms with Gasteiger partial charge in [-0.15, -0.1) is 0 Å². The number of rotatable bonds is 5. The molecule has 1 heterocycles. The number of aromatic nitrogens is 1. The molecule has 0 aliphatic heterocycles. The van der Waals surface area contributed by atoms with Gasteiger partial charge in [0.2, 0.25) is 0 Å². The van der Waals surface area contributed by atoms with Crippen molar-refractivity contribution in [3.8, 4) is 0 Å². The van der Waals surface area contributed by atoms with E-state index in [1.807, 2.05) is 0 Å². The minimum absolute atomic E-state index is 0.343. The molecule has 0 radical (unpaired) electrons. The van der Waals surface area contributed by atoms with Gasteiger partial charge in [0, 0.05) is 12.7 Å². The predicted molar refractivity (Wildman–Crippen MR) is 78.7 cm³/mol. The maximum atomic E-state index is 11.5. The molecular weight excluding hydrogens is 252 g/mol. The Morgan fingerprint density at radius 3 is 2.55 bits per heavy atom. The van der Waals surface area contributed by atoms with Gasteiger partial charge in [0.05, 0.1) is 12.2 Å². The van der Waals surface area contributed by atoms with Crippen molar-refractivity contribution < 1.29 is 9.53 Å². The molecule has 0 amide bonds. The van der Waals surface area contributed by atoms with Crippen LogP contribution in [0.5, 0.6) is 0 Å². The number of benzene rings is 1. The molecule has 0 saturated carbocycles. The third-order valence-electron chi connectivity index (χ3n) is 2.87. The Bertz CT molecular complexity index is 562. The summed E-state index contributed by atoms with van der Waals surface area (Å²) in [7, 11) is 0. The number of carbonyl (C=O) groups is 1. The van der Waals surface area contributed by atoms with Crippen molar-refractivity contribution in [2.24, 2.45) is 0 Å². The normalized spacial score (nSPS) is 10.1. The van der Waals surface area contributed by atoms with E-state index < -0.39 is 0 Å². The second-order valence-electron chi connectivity index (χ2n) is 4.49. The fraction of sp³-hybridized carbons (Fsp3) is 0.250. The van der Waals surface area contributed by atoms with Crippen LogP contribution in [-0.4, -0.2) is 17.6 Å². The zero-order chi connectivity index (χ0) is 14.4. The summed E-state index contributed by atoms with van der Waals surface area (Å²) in [5, 5.41) is 3.22. The second-order valence-corrected chi connectivity index (χ2v) is 4.49. The smallest absolute Gasteiger partial charge is 0.339 e. The maximum absolute atomic E-state index is 11.5. The molecule has 1 aromatic heterocycles. The monoisotopic (exact) mass is 270 g/mol. The fourth-order valence-corrected chi connectivity index (χ4v) is 1.73. The SMILES string of the molecule is CCOC(=O)c1ccc(NCc2ccc(C)cc2)nc1. The Morgan fingerprint density at radius 2 is 1.95 bits per heavy atom. The lowest BCUT2D eigenvalue weighted by Crippen LogP contribution is -2.06. The molecule has 0 aliphatic rings. The van der Waals surface area contributed by atoms with E-state index in [2.05, 4.69) is 41.5 Å². The van der Waals surface area contributed by atoms with Gasteiger partial charge >= 0.3 is 5.97 Å². The average molecular weight is 270 g/mol. The summed E-state index contributed by atoms with van der Waals surface area (Å²) >= 11 is 0. The number of esters is 1. The molecule has 2 aromatic rings. The zero-order valence-electron chi connectivity index (χ0n) is 11.7. The van der Waals surface area contributed by atoms with Gasteiger partial charge in [-0.25, -0.2) is 9.78 Å².